The van der Waals surface area contributed by atoms with E-state index in [9.17, 15) is 9.18 Å². The van der Waals surface area contributed by atoms with Crippen LogP contribution in [0, 0.1) is 5.95 Å². The van der Waals surface area contributed by atoms with Crippen LogP contribution in [0.2, 0.25) is 0 Å². The Kier molecular flexibility index (Phi) is 3.60. The molecule has 15 heavy (non-hydrogen) atoms. The van der Waals surface area contributed by atoms with Crippen LogP contribution in [0.5, 0.6) is 0 Å². The zero-order valence-electron chi connectivity index (χ0n) is 8.77. The second kappa shape index (κ2) is 4.72. The molecule has 0 aromatic carbocycles. The molecule has 0 spiro atoms. The number of pyridine rings is 1. The van der Waals surface area contributed by atoms with Gasteiger partial charge in [-0.1, -0.05) is 0 Å². The minimum Gasteiger partial charge on any atom is -0.368 e. The summed E-state index contributed by atoms with van der Waals surface area (Å²) in [7, 11) is 0. The van der Waals surface area contributed by atoms with Gasteiger partial charge in [-0.3, -0.25) is 4.79 Å². The number of carbonyl (C=O) groups excluding carboxylic acids is 1. The maximum Gasteiger partial charge on any atom is 0.236 e. The van der Waals surface area contributed by atoms with Gasteiger partial charge < -0.3 is 10.6 Å². The minimum absolute atomic E-state index is 0.0688. The number of aromatic nitrogens is 1. The highest BCUT2D eigenvalue weighted by Crippen LogP contribution is 2.16. The molecule has 4 nitrogen and oxygen atoms in total. The van der Waals surface area contributed by atoms with Crippen molar-refractivity contribution in [1.29, 1.82) is 0 Å². The summed E-state index contributed by atoms with van der Waals surface area (Å²) >= 11 is 0. The summed E-state index contributed by atoms with van der Waals surface area (Å²) in [6.45, 7) is 3.88. The molecule has 0 saturated carbocycles. The van der Waals surface area contributed by atoms with Crippen molar-refractivity contribution < 1.29 is 9.18 Å². The molecule has 0 aliphatic carbocycles. The fourth-order valence-electron chi connectivity index (χ4n) is 1.31. The Bertz CT molecular complexity index is 354. The van der Waals surface area contributed by atoms with Crippen molar-refractivity contribution in [3.8, 4) is 0 Å². The molecule has 82 valence electrons. The molecular weight excluding hydrogens is 197 g/mol. The summed E-state index contributed by atoms with van der Waals surface area (Å²) in [5, 5.41) is 0. The number of halogens is 1. The van der Waals surface area contributed by atoms with E-state index in [2.05, 4.69) is 4.98 Å². The third kappa shape index (κ3) is 3.19. The van der Waals surface area contributed by atoms with E-state index in [1.165, 1.54) is 12.3 Å². The predicted molar refractivity (Wildman–Crippen MR) is 55.9 cm³/mol. The SMILES string of the molecule is CC(C)N(CC(N)=O)c1ccnc(F)c1. The number of anilines is 1. The van der Waals surface area contributed by atoms with Gasteiger partial charge in [-0.2, -0.15) is 4.39 Å². The predicted octanol–water partition coefficient (Wildman–Crippen LogP) is 0.921. The zero-order chi connectivity index (χ0) is 11.4. The summed E-state index contributed by atoms with van der Waals surface area (Å²) in [4.78, 5) is 16.0. The molecule has 1 aromatic heterocycles. The van der Waals surface area contributed by atoms with Gasteiger partial charge in [0.2, 0.25) is 11.9 Å². The van der Waals surface area contributed by atoms with E-state index in [0.29, 0.717) is 5.69 Å². The first-order chi connectivity index (χ1) is 7.00. The molecule has 0 saturated heterocycles. The van der Waals surface area contributed by atoms with E-state index < -0.39 is 11.9 Å². The summed E-state index contributed by atoms with van der Waals surface area (Å²) in [5.74, 6) is -1.01. The maximum atomic E-state index is 12.9. The molecular formula is C10H14FN3O. The topological polar surface area (TPSA) is 59.2 Å². The fraction of sp³-hybridized carbons (Fsp3) is 0.400. The lowest BCUT2D eigenvalue weighted by atomic mass is 10.2. The second-order valence-electron chi connectivity index (χ2n) is 3.52. The average molecular weight is 211 g/mol. The summed E-state index contributed by atoms with van der Waals surface area (Å²) < 4.78 is 12.9. The molecule has 1 aromatic rings. The standard InChI is InChI=1S/C10H14FN3O/c1-7(2)14(6-10(12)15)8-3-4-13-9(11)5-8/h3-5,7H,6H2,1-2H3,(H2,12,15). The van der Waals surface area contributed by atoms with Gasteiger partial charge in [-0.15, -0.1) is 0 Å². The van der Waals surface area contributed by atoms with E-state index >= 15 is 0 Å². The molecule has 1 amide bonds. The number of nitrogens with zero attached hydrogens (tertiary/aromatic N) is 2. The van der Waals surface area contributed by atoms with Crippen LogP contribution in [0.3, 0.4) is 0 Å². The highest BCUT2D eigenvalue weighted by molar-refractivity contribution is 5.79. The molecule has 5 heteroatoms. The van der Waals surface area contributed by atoms with Crippen molar-refractivity contribution >= 4 is 11.6 Å². The van der Waals surface area contributed by atoms with Crippen LogP contribution in [-0.4, -0.2) is 23.5 Å². The van der Waals surface area contributed by atoms with Crippen LogP contribution in [0.4, 0.5) is 10.1 Å². The van der Waals surface area contributed by atoms with E-state index in [-0.39, 0.29) is 12.6 Å². The van der Waals surface area contributed by atoms with Crippen molar-refractivity contribution in [3.63, 3.8) is 0 Å². The van der Waals surface area contributed by atoms with Gasteiger partial charge in [-0.05, 0) is 19.9 Å². The molecule has 2 N–H and O–H groups in total. The number of nitrogens with two attached hydrogens (primary N) is 1. The first-order valence-electron chi connectivity index (χ1n) is 4.67. The van der Waals surface area contributed by atoms with Gasteiger partial charge in [0.1, 0.15) is 0 Å². The number of carbonyl (C=O) groups is 1. The van der Waals surface area contributed by atoms with Crippen LogP contribution in [0.15, 0.2) is 18.3 Å². The molecule has 1 heterocycles. The highest BCUT2D eigenvalue weighted by atomic mass is 19.1. The van der Waals surface area contributed by atoms with Crippen LogP contribution in [0.25, 0.3) is 0 Å². The molecule has 0 atom stereocenters. The third-order valence-corrected chi connectivity index (χ3v) is 1.99. The first-order valence-corrected chi connectivity index (χ1v) is 4.67. The number of primary amides is 1. The van der Waals surface area contributed by atoms with Gasteiger partial charge in [0.05, 0.1) is 6.54 Å². The van der Waals surface area contributed by atoms with E-state index in [1.807, 2.05) is 13.8 Å². The van der Waals surface area contributed by atoms with Crippen LogP contribution < -0.4 is 10.6 Å². The summed E-state index contributed by atoms with van der Waals surface area (Å²) in [6.07, 6.45) is 1.36. The van der Waals surface area contributed by atoms with Crippen LogP contribution >= 0.6 is 0 Å². The van der Waals surface area contributed by atoms with Gasteiger partial charge in [0, 0.05) is 24.0 Å². The molecule has 0 aliphatic rings. The Morgan fingerprint density at radius 2 is 2.33 bits per heavy atom. The van der Waals surface area contributed by atoms with E-state index in [0.717, 1.165) is 0 Å². The molecule has 0 aliphatic heterocycles. The van der Waals surface area contributed by atoms with E-state index in [4.69, 9.17) is 5.73 Å². The Labute approximate surface area is 87.9 Å². The lowest BCUT2D eigenvalue weighted by molar-refractivity contribution is -0.116. The zero-order valence-corrected chi connectivity index (χ0v) is 8.77. The summed E-state index contributed by atoms with van der Waals surface area (Å²) in [5.41, 5.74) is 5.72. The van der Waals surface area contributed by atoms with Gasteiger partial charge in [0.15, 0.2) is 0 Å². The minimum atomic E-state index is -0.567. The van der Waals surface area contributed by atoms with E-state index in [1.54, 1.807) is 11.0 Å². The number of rotatable bonds is 4. The lowest BCUT2D eigenvalue weighted by Gasteiger charge is -2.27. The van der Waals surface area contributed by atoms with Crippen molar-refractivity contribution in [3.05, 3.63) is 24.3 Å². The van der Waals surface area contributed by atoms with Crippen molar-refractivity contribution in [1.82, 2.24) is 4.98 Å². The highest BCUT2D eigenvalue weighted by Gasteiger charge is 2.13. The Morgan fingerprint density at radius 3 is 2.80 bits per heavy atom. The largest absolute Gasteiger partial charge is 0.368 e. The fourth-order valence-corrected chi connectivity index (χ4v) is 1.31. The number of hydrogen-bond donors (Lipinski definition) is 1. The second-order valence-corrected chi connectivity index (χ2v) is 3.52. The van der Waals surface area contributed by atoms with Crippen molar-refractivity contribution in [2.45, 2.75) is 19.9 Å². The molecule has 0 fully saturated rings. The van der Waals surface area contributed by atoms with Crippen molar-refractivity contribution in [2.75, 3.05) is 11.4 Å². The van der Waals surface area contributed by atoms with Crippen LogP contribution in [-0.2, 0) is 4.79 Å². The Hall–Kier alpha value is -1.65. The number of amides is 1. The van der Waals surface area contributed by atoms with Crippen LogP contribution in [0.1, 0.15) is 13.8 Å². The molecule has 0 unspecified atom stereocenters. The quantitative estimate of drug-likeness (QED) is 0.753. The van der Waals surface area contributed by atoms with Gasteiger partial charge in [-0.25, -0.2) is 4.98 Å². The smallest absolute Gasteiger partial charge is 0.236 e. The first kappa shape index (κ1) is 11.4. The number of hydrogen-bond acceptors (Lipinski definition) is 3. The normalized spacial score (nSPS) is 10.4. The molecule has 0 radical (unpaired) electrons. The Morgan fingerprint density at radius 1 is 1.67 bits per heavy atom. The van der Waals surface area contributed by atoms with Crippen molar-refractivity contribution in [2.24, 2.45) is 5.73 Å². The Balaban J connectivity index is 2.93. The van der Waals surface area contributed by atoms with Gasteiger partial charge in [0.25, 0.3) is 0 Å². The average Bonchev–Trinajstić information content (AvgIpc) is 2.13. The maximum absolute atomic E-state index is 12.9. The molecule has 1 rings (SSSR count). The lowest BCUT2D eigenvalue weighted by Crippen LogP contribution is -2.38. The molecule has 0 bridgehead atoms. The van der Waals surface area contributed by atoms with Gasteiger partial charge >= 0.3 is 0 Å². The monoisotopic (exact) mass is 211 g/mol. The third-order valence-electron chi connectivity index (χ3n) is 1.99. The summed E-state index contributed by atoms with van der Waals surface area (Å²) in [6, 6.07) is 2.99.